The van der Waals surface area contributed by atoms with E-state index >= 15 is 0 Å². The first-order chi connectivity index (χ1) is 8.11. The average molecular weight is 229 g/mol. The number of hydrogen-bond acceptors (Lipinski definition) is 2. The lowest BCUT2D eigenvalue weighted by atomic mass is 9.88. The molecule has 1 aromatic rings. The molecule has 0 aromatic heterocycles. The zero-order valence-corrected chi connectivity index (χ0v) is 9.97. The summed E-state index contributed by atoms with van der Waals surface area (Å²) in [4.78, 5) is 11.0. The Morgan fingerprint density at radius 2 is 2.00 bits per heavy atom. The van der Waals surface area contributed by atoms with Gasteiger partial charge in [0.05, 0.1) is 0 Å². The van der Waals surface area contributed by atoms with Crippen LogP contribution < -0.4 is 0 Å². The van der Waals surface area contributed by atoms with E-state index in [1.54, 1.807) is 6.07 Å². The molecule has 17 heavy (non-hydrogen) atoms. The fourth-order valence-corrected chi connectivity index (χ4v) is 1.90. The van der Waals surface area contributed by atoms with Gasteiger partial charge in [0.25, 0.3) is 0 Å². The smallest absolute Gasteiger partial charge is 0.346 e. The van der Waals surface area contributed by atoms with Crippen molar-refractivity contribution in [3.05, 3.63) is 47.0 Å². The van der Waals surface area contributed by atoms with Crippen LogP contribution in [0.15, 0.2) is 41.5 Å². The van der Waals surface area contributed by atoms with Crippen molar-refractivity contribution in [3.63, 3.8) is 0 Å². The first-order valence-corrected chi connectivity index (χ1v) is 5.53. The monoisotopic (exact) mass is 229 g/mol. The van der Waals surface area contributed by atoms with Crippen molar-refractivity contribution in [1.29, 1.82) is 5.26 Å². The second kappa shape index (κ2) is 5.86. The molecule has 0 saturated carbocycles. The highest BCUT2D eigenvalue weighted by molar-refractivity contribution is 5.92. The Kier molecular flexibility index (Phi) is 4.47. The zero-order chi connectivity index (χ0) is 12.8. The van der Waals surface area contributed by atoms with Gasteiger partial charge in [-0.15, -0.1) is 0 Å². The first kappa shape index (κ1) is 13.0. The molecule has 0 bridgehead atoms. The van der Waals surface area contributed by atoms with Crippen LogP contribution in [0.3, 0.4) is 0 Å². The molecule has 0 heterocycles. The molecular formula is C14H15NO2. The quantitative estimate of drug-likeness (QED) is 0.637. The first-order valence-electron chi connectivity index (χ1n) is 5.53. The van der Waals surface area contributed by atoms with Gasteiger partial charge in [0, 0.05) is 5.92 Å². The number of carboxylic acids is 1. The maximum Gasteiger partial charge on any atom is 0.346 e. The van der Waals surface area contributed by atoms with E-state index in [1.165, 1.54) is 0 Å². The molecule has 1 rings (SSSR count). The SMILES string of the molecule is CC/C(=C(\C#N)C(=O)O)C(C)c1ccccc1. The number of benzene rings is 1. The number of carboxylic acid groups (broad SMARTS) is 1. The molecule has 0 aliphatic rings. The molecule has 3 heteroatoms. The maximum absolute atomic E-state index is 11.0. The summed E-state index contributed by atoms with van der Waals surface area (Å²) < 4.78 is 0. The molecule has 1 atom stereocenters. The third kappa shape index (κ3) is 2.94. The second-order valence-corrected chi connectivity index (χ2v) is 3.80. The van der Waals surface area contributed by atoms with Gasteiger partial charge in [-0.25, -0.2) is 4.79 Å². The van der Waals surface area contributed by atoms with Crippen LogP contribution in [-0.2, 0) is 4.79 Å². The van der Waals surface area contributed by atoms with Gasteiger partial charge >= 0.3 is 5.97 Å². The van der Waals surface area contributed by atoms with Crippen LogP contribution in [0.1, 0.15) is 31.7 Å². The lowest BCUT2D eigenvalue weighted by Crippen LogP contribution is -2.07. The summed E-state index contributed by atoms with van der Waals surface area (Å²) in [6, 6.07) is 11.4. The van der Waals surface area contributed by atoms with E-state index in [0.717, 1.165) is 5.56 Å². The molecule has 1 N–H and O–H groups in total. The third-order valence-electron chi connectivity index (χ3n) is 2.85. The second-order valence-electron chi connectivity index (χ2n) is 3.80. The van der Waals surface area contributed by atoms with Gasteiger partial charge in [-0.1, -0.05) is 44.2 Å². The average Bonchev–Trinajstić information content (AvgIpc) is 2.35. The highest BCUT2D eigenvalue weighted by Gasteiger charge is 2.18. The number of allylic oxidation sites excluding steroid dienone is 1. The highest BCUT2D eigenvalue weighted by Crippen LogP contribution is 2.28. The van der Waals surface area contributed by atoms with Gasteiger partial charge < -0.3 is 5.11 Å². The number of hydrogen-bond donors (Lipinski definition) is 1. The van der Waals surface area contributed by atoms with Crippen LogP contribution in [0.25, 0.3) is 0 Å². The molecule has 0 fully saturated rings. The van der Waals surface area contributed by atoms with Crippen molar-refractivity contribution in [2.24, 2.45) is 0 Å². The minimum absolute atomic E-state index is 0.0491. The van der Waals surface area contributed by atoms with Gasteiger partial charge in [0.1, 0.15) is 11.6 Å². The van der Waals surface area contributed by atoms with Crippen molar-refractivity contribution < 1.29 is 9.90 Å². The minimum atomic E-state index is -1.15. The Balaban J connectivity index is 3.21. The van der Waals surface area contributed by atoms with Crippen LogP contribution in [0.2, 0.25) is 0 Å². The van der Waals surface area contributed by atoms with Gasteiger partial charge in [-0.2, -0.15) is 5.26 Å². The summed E-state index contributed by atoms with van der Waals surface area (Å²) in [6.45, 7) is 3.80. The van der Waals surface area contributed by atoms with E-state index in [1.807, 2.05) is 44.2 Å². The van der Waals surface area contributed by atoms with Crippen molar-refractivity contribution in [1.82, 2.24) is 0 Å². The van der Waals surface area contributed by atoms with Crippen LogP contribution in [0, 0.1) is 11.3 Å². The molecule has 1 unspecified atom stereocenters. The lowest BCUT2D eigenvalue weighted by molar-refractivity contribution is -0.132. The summed E-state index contributed by atoms with van der Waals surface area (Å²) >= 11 is 0. The van der Waals surface area contributed by atoms with Crippen molar-refractivity contribution >= 4 is 5.97 Å². The Morgan fingerprint density at radius 1 is 1.41 bits per heavy atom. The largest absolute Gasteiger partial charge is 0.477 e. The van der Waals surface area contributed by atoms with Crippen LogP contribution in [0.5, 0.6) is 0 Å². The van der Waals surface area contributed by atoms with Crippen molar-refractivity contribution in [2.75, 3.05) is 0 Å². The predicted molar refractivity (Wildman–Crippen MR) is 65.4 cm³/mol. The van der Waals surface area contributed by atoms with Crippen molar-refractivity contribution in [3.8, 4) is 6.07 Å². The molecule has 0 amide bonds. The van der Waals surface area contributed by atoms with E-state index in [-0.39, 0.29) is 11.5 Å². The van der Waals surface area contributed by atoms with Crippen molar-refractivity contribution in [2.45, 2.75) is 26.2 Å². The third-order valence-corrected chi connectivity index (χ3v) is 2.85. The van der Waals surface area contributed by atoms with E-state index < -0.39 is 5.97 Å². The highest BCUT2D eigenvalue weighted by atomic mass is 16.4. The fourth-order valence-electron chi connectivity index (χ4n) is 1.90. The van der Waals surface area contributed by atoms with E-state index in [9.17, 15) is 4.79 Å². The Bertz CT molecular complexity index is 469. The molecule has 0 aliphatic carbocycles. The van der Waals surface area contributed by atoms with Gasteiger partial charge in [0.15, 0.2) is 0 Å². The summed E-state index contributed by atoms with van der Waals surface area (Å²) in [7, 11) is 0. The Labute approximate surface area is 101 Å². The lowest BCUT2D eigenvalue weighted by Gasteiger charge is -2.15. The van der Waals surface area contributed by atoms with E-state index in [2.05, 4.69) is 0 Å². The normalized spacial score (nSPS) is 13.5. The molecule has 88 valence electrons. The summed E-state index contributed by atoms with van der Waals surface area (Å²) in [5, 5.41) is 17.9. The topological polar surface area (TPSA) is 61.1 Å². The predicted octanol–water partition coefficient (Wildman–Crippen LogP) is 3.10. The molecule has 0 spiro atoms. The maximum atomic E-state index is 11.0. The number of carbonyl (C=O) groups is 1. The van der Waals surface area contributed by atoms with E-state index in [0.29, 0.717) is 12.0 Å². The zero-order valence-electron chi connectivity index (χ0n) is 9.97. The molecule has 0 radical (unpaired) electrons. The molecule has 3 nitrogen and oxygen atoms in total. The summed E-state index contributed by atoms with van der Waals surface area (Å²) in [6.07, 6.45) is 0.561. The van der Waals surface area contributed by atoms with Crippen LogP contribution in [0.4, 0.5) is 0 Å². The summed E-state index contributed by atoms with van der Waals surface area (Å²) in [5.74, 6) is -1.20. The Hall–Kier alpha value is -2.08. The summed E-state index contributed by atoms with van der Waals surface area (Å²) in [5.41, 5.74) is 1.56. The van der Waals surface area contributed by atoms with Gasteiger partial charge in [-0.05, 0) is 17.6 Å². The standard InChI is InChI=1S/C14H15NO2/c1-3-12(13(9-15)14(16)17)10(2)11-7-5-4-6-8-11/h4-8,10H,3H2,1-2H3,(H,16,17)/b13-12-. The molecular weight excluding hydrogens is 214 g/mol. The number of nitriles is 1. The van der Waals surface area contributed by atoms with Gasteiger partial charge in [-0.3, -0.25) is 0 Å². The molecule has 0 aliphatic heterocycles. The minimum Gasteiger partial charge on any atom is -0.477 e. The van der Waals surface area contributed by atoms with Crippen LogP contribution in [-0.4, -0.2) is 11.1 Å². The Morgan fingerprint density at radius 3 is 2.41 bits per heavy atom. The van der Waals surface area contributed by atoms with Gasteiger partial charge in [0.2, 0.25) is 0 Å². The van der Waals surface area contributed by atoms with E-state index in [4.69, 9.17) is 10.4 Å². The fraction of sp³-hybridized carbons (Fsp3) is 0.286. The number of nitrogens with zero attached hydrogens (tertiary/aromatic N) is 1. The number of rotatable bonds is 4. The number of aliphatic carboxylic acids is 1. The molecule has 0 saturated heterocycles. The molecule has 1 aromatic carbocycles. The van der Waals surface area contributed by atoms with Crippen LogP contribution >= 0.6 is 0 Å².